The molecule has 0 saturated carbocycles. The fraction of sp³-hybridized carbons (Fsp3) is 0.333. The summed E-state index contributed by atoms with van der Waals surface area (Å²) in [5, 5.41) is 8.98. The van der Waals surface area contributed by atoms with E-state index in [0.717, 1.165) is 37.3 Å². The van der Waals surface area contributed by atoms with Crippen molar-refractivity contribution < 1.29 is 9.90 Å². The van der Waals surface area contributed by atoms with Crippen molar-refractivity contribution in [2.45, 2.75) is 32.4 Å². The third-order valence-corrected chi connectivity index (χ3v) is 4.59. The Hall–Kier alpha value is -2.80. The minimum atomic E-state index is -1.00. The maximum absolute atomic E-state index is 10.9. The summed E-state index contributed by atoms with van der Waals surface area (Å²) in [5.41, 5.74) is 3.27. The summed E-state index contributed by atoms with van der Waals surface area (Å²) in [4.78, 5) is 26.5. The quantitative estimate of drug-likeness (QED) is 0.787. The van der Waals surface area contributed by atoms with Gasteiger partial charge in [0, 0.05) is 31.3 Å². The molecule has 1 aliphatic heterocycles. The lowest BCUT2D eigenvalue weighted by Gasteiger charge is -2.22. The largest absolute Gasteiger partial charge is 0.478 e. The number of carboxylic acids is 1. The maximum Gasteiger partial charge on any atom is 0.338 e. The van der Waals surface area contributed by atoms with Crippen molar-refractivity contribution in [3.8, 4) is 0 Å². The number of pyridine rings is 1. The zero-order chi connectivity index (χ0) is 17.4. The molecule has 4 heterocycles. The normalized spacial score (nSPS) is 18.0. The average Bonchev–Trinajstić information content (AvgIpc) is 3.21. The SMILES string of the molecule is Cc1ccc2nc(CN3CCCC3c3ncc(C(=O)O)cn3)cn2c1. The van der Waals surface area contributed by atoms with Crippen molar-refractivity contribution in [1.82, 2.24) is 24.3 Å². The molecule has 1 saturated heterocycles. The molecule has 128 valence electrons. The van der Waals surface area contributed by atoms with Gasteiger partial charge in [-0.1, -0.05) is 6.07 Å². The number of rotatable bonds is 4. The molecule has 7 nitrogen and oxygen atoms in total. The fourth-order valence-corrected chi connectivity index (χ4v) is 3.37. The summed E-state index contributed by atoms with van der Waals surface area (Å²) in [7, 11) is 0. The molecule has 3 aromatic rings. The molecule has 0 aromatic carbocycles. The first-order chi connectivity index (χ1) is 12.1. The summed E-state index contributed by atoms with van der Waals surface area (Å²) in [6.07, 6.45) is 8.94. The molecule has 0 spiro atoms. The molecule has 1 N–H and O–H groups in total. The number of hydrogen-bond donors (Lipinski definition) is 1. The highest BCUT2D eigenvalue weighted by Gasteiger charge is 2.28. The van der Waals surface area contributed by atoms with Crippen LogP contribution in [0.1, 0.15) is 46.3 Å². The molecule has 25 heavy (non-hydrogen) atoms. The first-order valence-corrected chi connectivity index (χ1v) is 8.34. The van der Waals surface area contributed by atoms with Gasteiger partial charge in [0.05, 0.1) is 17.3 Å². The maximum atomic E-state index is 10.9. The van der Waals surface area contributed by atoms with Gasteiger partial charge in [0.1, 0.15) is 11.5 Å². The standard InChI is InChI=1S/C18H19N5O2/c1-12-4-5-16-21-14(11-23(16)9-12)10-22-6-2-3-15(22)17-19-7-13(8-20-17)18(24)25/h4-5,7-9,11,15H,2-3,6,10H2,1H3,(H,24,25). The van der Waals surface area contributed by atoms with E-state index < -0.39 is 5.97 Å². The Morgan fingerprint density at radius 2 is 2.08 bits per heavy atom. The van der Waals surface area contributed by atoms with Gasteiger partial charge in [0.15, 0.2) is 0 Å². The third-order valence-electron chi connectivity index (χ3n) is 4.59. The molecule has 0 aliphatic carbocycles. The van der Waals surface area contributed by atoms with Crippen LogP contribution in [0.2, 0.25) is 0 Å². The van der Waals surface area contributed by atoms with Gasteiger partial charge in [-0.05, 0) is 37.9 Å². The first kappa shape index (κ1) is 15.7. The van der Waals surface area contributed by atoms with Crippen molar-refractivity contribution in [3.05, 3.63) is 59.6 Å². The molecule has 7 heteroatoms. The molecule has 1 unspecified atom stereocenters. The van der Waals surface area contributed by atoms with E-state index in [9.17, 15) is 4.79 Å². The topological polar surface area (TPSA) is 83.6 Å². The van der Waals surface area contributed by atoms with Crippen molar-refractivity contribution in [3.63, 3.8) is 0 Å². The summed E-state index contributed by atoms with van der Waals surface area (Å²) < 4.78 is 2.05. The third kappa shape index (κ3) is 3.10. The molecular weight excluding hydrogens is 318 g/mol. The number of fused-ring (bicyclic) bond motifs is 1. The van der Waals surface area contributed by atoms with Gasteiger partial charge < -0.3 is 9.51 Å². The van der Waals surface area contributed by atoms with Crippen molar-refractivity contribution in [2.75, 3.05) is 6.54 Å². The second-order valence-electron chi connectivity index (χ2n) is 6.47. The highest BCUT2D eigenvalue weighted by atomic mass is 16.4. The zero-order valence-corrected chi connectivity index (χ0v) is 14.0. The Labute approximate surface area is 145 Å². The van der Waals surface area contributed by atoms with E-state index in [4.69, 9.17) is 5.11 Å². The molecule has 3 aromatic heterocycles. The number of aromatic nitrogens is 4. The zero-order valence-electron chi connectivity index (χ0n) is 14.0. The molecule has 1 atom stereocenters. The Kier molecular flexibility index (Phi) is 3.93. The Bertz CT molecular complexity index is 919. The predicted molar refractivity (Wildman–Crippen MR) is 91.3 cm³/mol. The second-order valence-corrected chi connectivity index (χ2v) is 6.47. The van der Waals surface area contributed by atoms with Gasteiger partial charge in [-0.25, -0.2) is 19.7 Å². The van der Waals surface area contributed by atoms with Gasteiger partial charge in [-0.2, -0.15) is 0 Å². The molecule has 1 aliphatic rings. The van der Waals surface area contributed by atoms with Crippen LogP contribution < -0.4 is 0 Å². The molecule has 4 rings (SSSR count). The van der Waals surface area contributed by atoms with E-state index in [0.29, 0.717) is 5.82 Å². The number of likely N-dealkylation sites (tertiary alicyclic amines) is 1. The first-order valence-electron chi connectivity index (χ1n) is 8.34. The lowest BCUT2D eigenvalue weighted by molar-refractivity contribution is 0.0695. The minimum absolute atomic E-state index is 0.106. The highest BCUT2D eigenvalue weighted by molar-refractivity contribution is 5.86. The van der Waals surface area contributed by atoms with E-state index in [1.54, 1.807) is 0 Å². The van der Waals surface area contributed by atoms with Gasteiger partial charge in [0.25, 0.3) is 0 Å². The van der Waals surface area contributed by atoms with E-state index in [-0.39, 0.29) is 11.6 Å². The number of hydrogen-bond acceptors (Lipinski definition) is 5. The van der Waals surface area contributed by atoms with Gasteiger partial charge in [0.2, 0.25) is 0 Å². The van der Waals surface area contributed by atoms with E-state index in [2.05, 4.69) is 45.2 Å². The minimum Gasteiger partial charge on any atom is -0.478 e. The number of imidazole rings is 1. The van der Waals surface area contributed by atoms with Crippen LogP contribution in [0.3, 0.4) is 0 Å². The lowest BCUT2D eigenvalue weighted by Crippen LogP contribution is -2.24. The number of aryl methyl sites for hydroxylation is 1. The number of nitrogens with zero attached hydrogens (tertiary/aromatic N) is 5. The Balaban J connectivity index is 1.55. The summed E-state index contributed by atoms with van der Waals surface area (Å²) in [6.45, 7) is 3.75. The summed E-state index contributed by atoms with van der Waals surface area (Å²) in [5.74, 6) is -0.322. The summed E-state index contributed by atoms with van der Waals surface area (Å²) in [6, 6.07) is 4.19. The molecule has 0 amide bonds. The van der Waals surface area contributed by atoms with Crippen LogP contribution in [0.5, 0.6) is 0 Å². The van der Waals surface area contributed by atoms with Crippen LogP contribution in [-0.2, 0) is 6.54 Å². The average molecular weight is 337 g/mol. The van der Waals surface area contributed by atoms with Gasteiger partial charge in [-0.3, -0.25) is 4.90 Å². The van der Waals surface area contributed by atoms with Crippen molar-refractivity contribution >= 4 is 11.6 Å². The number of carbonyl (C=O) groups is 1. The van der Waals surface area contributed by atoms with E-state index in [1.165, 1.54) is 18.0 Å². The van der Waals surface area contributed by atoms with Crippen LogP contribution >= 0.6 is 0 Å². The predicted octanol–water partition coefficient (Wildman–Crippen LogP) is 2.47. The fourth-order valence-electron chi connectivity index (χ4n) is 3.37. The molecule has 0 bridgehead atoms. The number of aromatic carboxylic acids is 1. The molecule has 0 radical (unpaired) electrons. The van der Waals surface area contributed by atoms with Gasteiger partial charge >= 0.3 is 5.97 Å². The highest BCUT2D eigenvalue weighted by Crippen LogP contribution is 2.31. The smallest absolute Gasteiger partial charge is 0.338 e. The molecular formula is C18H19N5O2. The van der Waals surface area contributed by atoms with E-state index in [1.807, 2.05) is 10.5 Å². The lowest BCUT2D eigenvalue weighted by atomic mass is 10.2. The monoisotopic (exact) mass is 337 g/mol. The van der Waals surface area contributed by atoms with Crippen molar-refractivity contribution in [2.24, 2.45) is 0 Å². The Morgan fingerprint density at radius 3 is 2.84 bits per heavy atom. The molecule has 1 fully saturated rings. The second kappa shape index (κ2) is 6.25. The van der Waals surface area contributed by atoms with Crippen molar-refractivity contribution in [1.29, 1.82) is 0 Å². The van der Waals surface area contributed by atoms with E-state index >= 15 is 0 Å². The Morgan fingerprint density at radius 1 is 1.28 bits per heavy atom. The van der Waals surface area contributed by atoms with Crippen LogP contribution in [0.15, 0.2) is 36.9 Å². The summed E-state index contributed by atoms with van der Waals surface area (Å²) >= 11 is 0. The van der Waals surface area contributed by atoms with Crippen LogP contribution in [0.25, 0.3) is 5.65 Å². The van der Waals surface area contributed by atoms with Gasteiger partial charge in [-0.15, -0.1) is 0 Å². The van der Waals surface area contributed by atoms with Crippen LogP contribution in [-0.4, -0.2) is 41.9 Å². The van der Waals surface area contributed by atoms with Crippen LogP contribution in [0, 0.1) is 6.92 Å². The van der Waals surface area contributed by atoms with Crippen LogP contribution in [0.4, 0.5) is 0 Å². The number of carboxylic acid groups (broad SMARTS) is 1.